The first kappa shape index (κ1) is 12.2. The Morgan fingerprint density at radius 2 is 2.25 bits per heavy atom. The molecule has 0 saturated carbocycles. The molecule has 0 aromatic heterocycles. The van der Waals surface area contributed by atoms with Gasteiger partial charge in [-0.25, -0.2) is 0 Å². The number of rotatable bonds is 8. The fraction of sp³-hybridized carbons (Fsp3) is 1.00. The Balaban J connectivity index is 2.97. The number of thioether (sulfide) groups is 1. The number of aliphatic hydroxyl groups excluding tert-OH is 2. The van der Waals surface area contributed by atoms with Crippen LogP contribution in [-0.4, -0.2) is 54.8 Å². The van der Waals surface area contributed by atoms with Crippen molar-refractivity contribution in [2.24, 2.45) is 0 Å². The minimum Gasteiger partial charge on any atom is -0.394 e. The second-order valence-electron chi connectivity index (χ2n) is 2.26. The Bertz CT molecular complexity index is 94.7. The van der Waals surface area contributed by atoms with Crippen molar-refractivity contribution in [3.05, 3.63) is 0 Å². The highest BCUT2D eigenvalue weighted by atomic mass is 32.2. The van der Waals surface area contributed by atoms with E-state index in [4.69, 9.17) is 14.9 Å². The van der Waals surface area contributed by atoms with E-state index in [0.717, 1.165) is 0 Å². The molecule has 0 aliphatic heterocycles. The fourth-order valence-corrected chi connectivity index (χ4v) is 1.11. The third-order valence-electron chi connectivity index (χ3n) is 1.19. The summed E-state index contributed by atoms with van der Waals surface area (Å²) in [5, 5.41) is 20.4. The first-order chi connectivity index (χ1) is 5.81. The molecule has 1 atom stereocenters. The zero-order valence-corrected chi connectivity index (χ0v) is 8.14. The van der Waals surface area contributed by atoms with Crippen LogP contribution in [0.3, 0.4) is 0 Å². The van der Waals surface area contributed by atoms with Crippen molar-refractivity contribution in [2.45, 2.75) is 6.23 Å². The summed E-state index contributed by atoms with van der Waals surface area (Å²) in [4.78, 5) is 0. The van der Waals surface area contributed by atoms with Gasteiger partial charge in [-0.1, -0.05) is 0 Å². The highest BCUT2D eigenvalue weighted by Gasteiger charge is 1.99. The van der Waals surface area contributed by atoms with Crippen molar-refractivity contribution in [1.29, 1.82) is 0 Å². The van der Waals surface area contributed by atoms with E-state index in [-0.39, 0.29) is 6.61 Å². The molecule has 0 amide bonds. The minimum atomic E-state index is -0.460. The zero-order chi connectivity index (χ0) is 9.23. The third-order valence-corrected chi connectivity index (χ3v) is 1.84. The van der Waals surface area contributed by atoms with Crippen LogP contribution in [-0.2, 0) is 4.74 Å². The van der Waals surface area contributed by atoms with Gasteiger partial charge in [0.25, 0.3) is 0 Å². The highest BCUT2D eigenvalue weighted by Crippen LogP contribution is 1.92. The van der Waals surface area contributed by atoms with E-state index >= 15 is 0 Å². The molecule has 3 N–H and O–H groups in total. The molecule has 0 spiro atoms. The Morgan fingerprint density at radius 1 is 1.50 bits per heavy atom. The molecule has 0 aliphatic carbocycles. The first-order valence-corrected chi connectivity index (χ1v) is 5.29. The lowest BCUT2D eigenvalue weighted by atomic mass is 10.6. The van der Waals surface area contributed by atoms with Gasteiger partial charge in [0, 0.05) is 12.3 Å². The van der Waals surface area contributed by atoms with Gasteiger partial charge in [0.1, 0.15) is 6.23 Å². The Labute approximate surface area is 77.3 Å². The monoisotopic (exact) mass is 195 g/mol. The van der Waals surface area contributed by atoms with E-state index in [0.29, 0.717) is 25.5 Å². The maximum atomic E-state index is 9.17. The third kappa shape index (κ3) is 8.29. The molecule has 12 heavy (non-hydrogen) atoms. The van der Waals surface area contributed by atoms with Crippen LogP contribution in [0.2, 0.25) is 0 Å². The SMILES string of the molecule is CSCC(O)NCCOCCO. The largest absolute Gasteiger partial charge is 0.394 e. The quantitative estimate of drug-likeness (QED) is 0.352. The van der Waals surface area contributed by atoms with Crippen molar-refractivity contribution >= 4 is 11.8 Å². The molecular formula is C7H17NO3S. The summed E-state index contributed by atoms with van der Waals surface area (Å²) in [5.74, 6) is 0.681. The second kappa shape index (κ2) is 9.28. The maximum absolute atomic E-state index is 9.17. The predicted octanol–water partition coefficient (Wildman–Crippen LogP) is -0.734. The average Bonchev–Trinajstić information content (AvgIpc) is 2.05. The Morgan fingerprint density at radius 3 is 2.83 bits per heavy atom. The molecule has 0 radical (unpaired) electrons. The lowest BCUT2D eigenvalue weighted by Crippen LogP contribution is -2.33. The molecule has 0 aromatic rings. The van der Waals surface area contributed by atoms with Gasteiger partial charge < -0.3 is 14.9 Å². The van der Waals surface area contributed by atoms with Gasteiger partial charge in [-0.3, -0.25) is 5.32 Å². The van der Waals surface area contributed by atoms with Crippen LogP contribution < -0.4 is 5.32 Å². The Kier molecular flexibility index (Phi) is 9.43. The summed E-state index contributed by atoms with van der Waals surface area (Å²) < 4.78 is 4.98. The van der Waals surface area contributed by atoms with E-state index in [9.17, 15) is 0 Å². The molecule has 0 rings (SSSR count). The van der Waals surface area contributed by atoms with E-state index in [1.54, 1.807) is 11.8 Å². The van der Waals surface area contributed by atoms with Gasteiger partial charge in [-0.2, -0.15) is 11.8 Å². The molecule has 4 nitrogen and oxygen atoms in total. The van der Waals surface area contributed by atoms with Crippen molar-refractivity contribution < 1.29 is 14.9 Å². The molecule has 5 heteroatoms. The molecular weight excluding hydrogens is 178 g/mol. The summed E-state index contributed by atoms with van der Waals surface area (Å²) >= 11 is 1.58. The topological polar surface area (TPSA) is 61.7 Å². The van der Waals surface area contributed by atoms with Crippen molar-refractivity contribution in [3.8, 4) is 0 Å². The first-order valence-electron chi connectivity index (χ1n) is 3.90. The van der Waals surface area contributed by atoms with E-state index in [2.05, 4.69) is 5.32 Å². The van der Waals surface area contributed by atoms with Crippen molar-refractivity contribution in [3.63, 3.8) is 0 Å². The zero-order valence-electron chi connectivity index (χ0n) is 7.32. The fourth-order valence-electron chi connectivity index (χ4n) is 0.681. The summed E-state index contributed by atoms with van der Waals surface area (Å²) in [5.41, 5.74) is 0. The predicted molar refractivity (Wildman–Crippen MR) is 50.3 cm³/mol. The highest BCUT2D eigenvalue weighted by molar-refractivity contribution is 7.98. The molecule has 1 unspecified atom stereocenters. The van der Waals surface area contributed by atoms with Gasteiger partial charge in [0.05, 0.1) is 19.8 Å². The van der Waals surface area contributed by atoms with Gasteiger partial charge in [0.15, 0.2) is 0 Å². The molecule has 74 valence electrons. The number of aliphatic hydroxyl groups is 2. The molecule has 0 fully saturated rings. The van der Waals surface area contributed by atoms with Gasteiger partial charge in [-0.15, -0.1) is 0 Å². The van der Waals surface area contributed by atoms with Gasteiger partial charge in [0.2, 0.25) is 0 Å². The number of hydrogen-bond acceptors (Lipinski definition) is 5. The van der Waals surface area contributed by atoms with Crippen molar-refractivity contribution in [2.75, 3.05) is 38.4 Å². The summed E-state index contributed by atoms with van der Waals surface area (Å²) in [6.07, 6.45) is 1.48. The van der Waals surface area contributed by atoms with E-state index in [1.807, 2.05) is 6.26 Å². The maximum Gasteiger partial charge on any atom is 0.114 e. The van der Waals surface area contributed by atoms with Crippen LogP contribution in [0, 0.1) is 0 Å². The molecule has 0 aromatic carbocycles. The molecule has 0 saturated heterocycles. The summed E-state index contributed by atoms with van der Waals surface area (Å²) in [6, 6.07) is 0. The van der Waals surface area contributed by atoms with Crippen LogP contribution in [0.4, 0.5) is 0 Å². The van der Waals surface area contributed by atoms with Gasteiger partial charge >= 0.3 is 0 Å². The Hall–Kier alpha value is 0.190. The lowest BCUT2D eigenvalue weighted by Gasteiger charge is -2.10. The average molecular weight is 195 g/mol. The molecule has 0 aliphatic rings. The van der Waals surface area contributed by atoms with Crippen LogP contribution in [0.25, 0.3) is 0 Å². The summed E-state index contributed by atoms with van der Waals surface area (Å²) in [7, 11) is 0. The van der Waals surface area contributed by atoms with E-state index in [1.165, 1.54) is 0 Å². The standard InChI is InChI=1S/C7H17NO3S/c1-12-6-7(10)8-2-4-11-5-3-9/h7-10H,2-6H2,1H3. The number of nitrogens with one attached hydrogen (secondary N) is 1. The van der Waals surface area contributed by atoms with Crippen LogP contribution in [0.5, 0.6) is 0 Å². The lowest BCUT2D eigenvalue weighted by molar-refractivity contribution is 0.0815. The molecule has 0 heterocycles. The van der Waals surface area contributed by atoms with Crippen LogP contribution in [0.1, 0.15) is 0 Å². The van der Waals surface area contributed by atoms with Crippen LogP contribution >= 0.6 is 11.8 Å². The van der Waals surface area contributed by atoms with Gasteiger partial charge in [-0.05, 0) is 6.26 Å². The van der Waals surface area contributed by atoms with Crippen LogP contribution in [0.15, 0.2) is 0 Å². The molecule has 0 bridgehead atoms. The number of hydrogen-bond donors (Lipinski definition) is 3. The van der Waals surface area contributed by atoms with Crippen molar-refractivity contribution in [1.82, 2.24) is 5.32 Å². The minimum absolute atomic E-state index is 0.0490. The summed E-state index contributed by atoms with van der Waals surface area (Å²) in [6.45, 7) is 1.54. The number of ether oxygens (including phenoxy) is 1. The normalized spacial score (nSPS) is 13.2. The second-order valence-corrected chi connectivity index (χ2v) is 3.17. The smallest absolute Gasteiger partial charge is 0.114 e. The van der Waals surface area contributed by atoms with E-state index < -0.39 is 6.23 Å².